The number of nitrogens with one attached hydrogen (secondary N) is 1. The molecule has 1 aromatic carbocycles. The molecule has 1 aliphatic carbocycles. The number of nitrogens with two attached hydrogens (primary N) is 1. The Morgan fingerprint density at radius 3 is 2.57 bits per heavy atom. The Morgan fingerprint density at radius 1 is 1.38 bits per heavy atom. The van der Waals surface area contributed by atoms with Gasteiger partial charge in [-0.3, -0.25) is 0 Å². The normalized spacial score (nSPS) is 17.1. The van der Waals surface area contributed by atoms with E-state index in [4.69, 9.17) is 18.0 Å². The van der Waals surface area contributed by atoms with Gasteiger partial charge in [0, 0.05) is 17.8 Å². The zero-order valence-corrected chi connectivity index (χ0v) is 13.7. The quantitative estimate of drug-likeness (QED) is 0.761. The second-order valence-corrected chi connectivity index (χ2v) is 7.16. The zero-order chi connectivity index (χ0) is 15.5. The minimum atomic E-state index is -0.350. The third-order valence-corrected chi connectivity index (χ3v) is 4.63. The van der Waals surface area contributed by atoms with Crippen LogP contribution < -0.4 is 11.1 Å². The number of benzene rings is 1. The molecule has 0 saturated heterocycles. The maximum Gasteiger partial charge on any atom is 0.135 e. The Bertz CT molecular complexity index is 508. The lowest BCUT2D eigenvalue weighted by atomic mass is 9.78. The van der Waals surface area contributed by atoms with E-state index in [0.717, 1.165) is 12.2 Å². The van der Waals surface area contributed by atoms with Gasteiger partial charge in [-0.2, -0.15) is 0 Å². The summed E-state index contributed by atoms with van der Waals surface area (Å²) in [4.78, 5) is 0.103. The maximum atomic E-state index is 13.9. The van der Waals surface area contributed by atoms with Gasteiger partial charge in [-0.25, -0.2) is 4.39 Å². The zero-order valence-electron chi connectivity index (χ0n) is 12.9. The summed E-state index contributed by atoms with van der Waals surface area (Å²) in [5.74, 6) is 0.343. The number of hydrogen-bond donors (Lipinski definition) is 2. The lowest BCUT2D eigenvalue weighted by molar-refractivity contribution is 0.252. The molecule has 0 aromatic heterocycles. The third kappa shape index (κ3) is 4.16. The minimum Gasteiger partial charge on any atom is -0.389 e. The summed E-state index contributed by atoms with van der Waals surface area (Å²) in [5.41, 5.74) is 6.97. The molecule has 1 saturated carbocycles. The predicted molar refractivity (Wildman–Crippen MR) is 91.1 cm³/mol. The topological polar surface area (TPSA) is 38.0 Å². The number of thiocarbonyl (C=S) groups is 1. The highest BCUT2D eigenvalue weighted by Crippen LogP contribution is 2.43. The van der Waals surface area contributed by atoms with Crippen LogP contribution >= 0.6 is 12.2 Å². The van der Waals surface area contributed by atoms with Crippen molar-refractivity contribution >= 4 is 22.9 Å². The lowest BCUT2D eigenvalue weighted by Crippen LogP contribution is -2.28. The molecular weight excluding hydrogens is 283 g/mol. The molecule has 4 heteroatoms. The molecule has 0 radical (unpaired) electrons. The highest BCUT2D eigenvalue weighted by Gasteiger charge is 2.34. The van der Waals surface area contributed by atoms with Crippen molar-refractivity contribution in [1.29, 1.82) is 0 Å². The SMILES string of the molecule is CC(C)CC1(CNc2ccc(C(N)=S)c(F)c2)CCCC1. The molecule has 1 aliphatic rings. The first-order chi connectivity index (χ1) is 9.92. The van der Waals surface area contributed by atoms with Crippen molar-refractivity contribution in [2.75, 3.05) is 11.9 Å². The van der Waals surface area contributed by atoms with E-state index in [2.05, 4.69) is 19.2 Å². The van der Waals surface area contributed by atoms with Gasteiger partial charge in [0.2, 0.25) is 0 Å². The first-order valence-electron chi connectivity index (χ1n) is 7.75. The Hall–Kier alpha value is -1.16. The van der Waals surface area contributed by atoms with Crippen LogP contribution in [0.15, 0.2) is 18.2 Å². The largest absolute Gasteiger partial charge is 0.389 e. The summed E-state index contributed by atoms with van der Waals surface area (Å²) < 4.78 is 13.9. The molecule has 0 heterocycles. The van der Waals surface area contributed by atoms with Crippen LogP contribution in [0.5, 0.6) is 0 Å². The van der Waals surface area contributed by atoms with E-state index in [-0.39, 0.29) is 10.8 Å². The fourth-order valence-corrected chi connectivity index (χ4v) is 3.72. The van der Waals surface area contributed by atoms with E-state index in [0.29, 0.717) is 16.9 Å². The molecule has 3 N–H and O–H groups in total. The van der Waals surface area contributed by atoms with E-state index in [1.54, 1.807) is 6.07 Å². The Balaban J connectivity index is 2.04. The molecule has 0 bridgehead atoms. The standard InChI is InChI=1S/C17H25FN2S/c1-12(2)10-17(7-3-4-8-17)11-20-13-5-6-14(16(19)21)15(18)9-13/h5-6,9,12,20H,3-4,7-8,10-11H2,1-2H3,(H2,19,21). The Labute approximate surface area is 132 Å². The van der Waals surface area contributed by atoms with Gasteiger partial charge in [0.1, 0.15) is 10.8 Å². The molecule has 0 amide bonds. The summed E-state index contributed by atoms with van der Waals surface area (Å²) in [6, 6.07) is 5.01. The molecule has 0 aliphatic heterocycles. The van der Waals surface area contributed by atoms with Crippen molar-refractivity contribution < 1.29 is 4.39 Å². The Morgan fingerprint density at radius 2 is 2.05 bits per heavy atom. The summed E-state index contributed by atoms with van der Waals surface area (Å²) >= 11 is 4.83. The number of halogens is 1. The van der Waals surface area contributed by atoms with Gasteiger partial charge in [0.25, 0.3) is 0 Å². The first-order valence-corrected chi connectivity index (χ1v) is 8.16. The van der Waals surface area contributed by atoms with Gasteiger partial charge in [-0.1, -0.05) is 38.9 Å². The van der Waals surface area contributed by atoms with E-state index in [1.165, 1.54) is 38.2 Å². The highest BCUT2D eigenvalue weighted by atomic mass is 32.1. The summed E-state index contributed by atoms with van der Waals surface area (Å²) in [5, 5.41) is 3.42. The smallest absolute Gasteiger partial charge is 0.135 e. The number of rotatable bonds is 6. The van der Waals surface area contributed by atoms with Crippen LogP contribution in [0, 0.1) is 17.2 Å². The first kappa shape index (κ1) is 16.2. The highest BCUT2D eigenvalue weighted by molar-refractivity contribution is 7.80. The van der Waals surface area contributed by atoms with Gasteiger partial charge in [-0.05, 0) is 48.8 Å². The molecular formula is C17H25FN2S. The molecule has 0 atom stereocenters. The maximum absolute atomic E-state index is 13.9. The van der Waals surface area contributed by atoms with Gasteiger partial charge >= 0.3 is 0 Å². The molecule has 2 rings (SSSR count). The van der Waals surface area contributed by atoms with Crippen LogP contribution in [0.1, 0.15) is 51.5 Å². The summed E-state index contributed by atoms with van der Waals surface area (Å²) in [6.07, 6.45) is 6.39. The van der Waals surface area contributed by atoms with Crippen LogP contribution in [-0.2, 0) is 0 Å². The predicted octanol–water partition coefficient (Wildman–Crippen LogP) is 4.48. The van der Waals surface area contributed by atoms with Crippen molar-refractivity contribution in [3.8, 4) is 0 Å². The van der Waals surface area contributed by atoms with Gasteiger partial charge < -0.3 is 11.1 Å². The van der Waals surface area contributed by atoms with Gasteiger partial charge in [-0.15, -0.1) is 0 Å². The molecule has 0 spiro atoms. The van der Waals surface area contributed by atoms with Crippen LogP contribution in [0.25, 0.3) is 0 Å². The van der Waals surface area contributed by atoms with Crippen LogP contribution in [0.2, 0.25) is 0 Å². The molecule has 1 fully saturated rings. The second-order valence-electron chi connectivity index (χ2n) is 6.72. The van der Waals surface area contributed by atoms with Crippen molar-refractivity contribution in [3.05, 3.63) is 29.6 Å². The van der Waals surface area contributed by atoms with Crippen LogP contribution in [0.4, 0.5) is 10.1 Å². The van der Waals surface area contributed by atoms with Crippen molar-refractivity contribution in [2.24, 2.45) is 17.1 Å². The van der Waals surface area contributed by atoms with E-state index in [9.17, 15) is 4.39 Å². The third-order valence-electron chi connectivity index (χ3n) is 4.41. The summed E-state index contributed by atoms with van der Waals surface area (Å²) in [7, 11) is 0. The average Bonchev–Trinajstić information content (AvgIpc) is 2.84. The minimum absolute atomic E-state index is 0.103. The van der Waals surface area contributed by atoms with E-state index >= 15 is 0 Å². The molecule has 0 unspecified atom stereocenters. The summed E-state index contributed by atoms with van der Waals surface area (Å²) in [6.45, 7) is 5.46. The molecule has 2 nitrogen and oxygen atoms in total. The van der Waals surface area contributed by atoms with Crippen LogP contribution in [-0.4, -0.2) is 11.5 Å². The van der Waals surface area contributed by atoms with E-state index in [1.807, 2.05) is 6.07 Å². The van der Waals surface area contributed by atoms with Crippen molar-refractivity contribution in [1.82, 2.24) is 0 Å². The molecule has 21 heavy (non-hydrogen) atoms. The number of hydrogen-bond acceptors (Lipinski definition) is 2. The van der Waals surface area contributed by atoms with Gasteiger partial charge in [0.15, 0.2) is 0 Å². The van der Waals surface area contributed by atoms with E-state index < -0.39 is 0 Å². The monoisotopic (exact) mass is 308 g/mol. The van der Waals surface area contributed by atoms with Crippen molar-refractivity contribution in [2.45, 2.75) is 46.0 Å². The average molecular weight is 308 g/mol. The molecule has 116 valence electrons. The van der Waals surface area contributed by atoms with Crippen molar-refractivity contribution in [3.63, 3.8) is 0 Å². The second kappa shape index (κ2) is 6.73. The van der Waals surface area contributed by atoms with Crippen LogP contribution in [0.3, 0.4) is 0 Å². The fourth-order valence-electron chi connectivity index (χ4n) is 3.56. The fraction of sp³-hybridized carbons (Fsp3) is 0.588. The lowest BCUT2D eigenvalue weighted by Gasteiger charge is -2.31. The Kier molecular flexibility index (Phi) is 5.20. The van der Waals surface area contributed by atoms with Gasteiger partial charge in [0.05, 0.1) is 0 Å². The number of anilines is 1. The molecule has 1 aromatic rings.